The molecule has 290 valence electrons. The summed E-state index contributed by atoms with van der Waals surface area (Å²) in [5, 5.41) is 8.41. The van der Waals surface area contributed by atoms with Gasteiger partial charge in [0, 0.05) is 24.9 Å². The van der Waals surface area contributed by atoms with Crippen LogP contribution in [0.2, 0.25) is 0 Å². The molecule has 4 amide bonds. The van der Waals surface area contributed by atoms with Crippen molar-refractivity contribution in [3.05, 3.63) is 57.6 Å². The number of nitrogens with one attached hydrogen (secondary N) is 3. The fourth-order valence-electron chi connectivity index (χ4n) is 8.76. The van der Waals surface area contributed by atoms with E-state index in [2.05, 4.69) is 27.5 Å². The summed E-state index contributed by atoms with van der Waals surface area (Å²) in [4.78, 5) is 64.6. The first-order valence-corrected chi connectivity index (χ1v) is 22.1. The highest BCUT2D eigenvalue weighted by atomic mass is 32.2. The normalized spacial score (nSPS) is 28.8. The molecule has 3 aliphatic carbocycles. The number of rotatable bonds is 7. The molecule has 54 heavy (non-hydrogen) atoms. The molecule has 0 radical (unpaired) electrons. The molecule has 6 aliphatic rings. The molecule has 3 aliphatic heterocycles. The van der Waals surface area contributed by atoms with E-state index >= 15 is 0 Å². The average Bonchev–Trinajstić information content (AvgIpc) is 3.98. The van der Waals surface area contributed by atoms with Crippen molar-refractivity contribution in [2.75, 3.05) is 11.9 Å². The Balaban J connectivity index is 1.09. The molecule has 1 aromatic carbocycles. The van der Waals surface area contributed by atoms with E-state index in [0.29, 0.717) is 43.9 Å². The van der Waals surface area contributed by atoms with Crippen LogP contribution < -0.4 is 15.4 Å². The van der Waals surface area contributed by atoms with Crippen molar-refractivity contribution in [2.24, 2.45) is 5.92 Å². The number of aromatic nitrogens is 1. The lowest BCUT2D eigenvalue weighted by molar-refractivity contribution is -0.139. The van der Waals surface area contributed by atoms with Crippen LogP contribution in [0.5, 0.6) is 0 Å². The Morgan fingerprint density at radius 2 is 1.85 bits per heavy atom. The number of amides is 4. The number of fused-ring (bicyclic) bond motifs is 5. The van der Waals surface area contributed by atoms with E-state index in [0.717, 1.165) is 80.2 Å². The number of anilines is 1. The molecule has 2 saturated carbocycles. The van der Waals surface area contributed by atoms with Crippen molar-refractivity contribution in [3.8, 4) is 0 Å². The van der Waals surface area contributed by atoms with Crippen molar-refractivity contribution in [3.63, 3.8) is 0 Å². The summed E-state index contributed by atoms with van der Waals surface area (Å²) in [6, 6.07) is 4.39. The molecule has 13 nitrogen and oxygen atoms in total. The smallest absolute Gasteiger partial charge is 0.410 e. The zero-order chi connectivity index (χ0) is 37.6. The third-order valence-corrected chi connectivity index (χ3v) is 14.8. The Morgan fingerprint density at radius 3 is 2.61 bits per heavy atom. The first-order chi connectivity index (χ1) is 26.0. The minimum atomic E-state index is -3.84. The molecule has 0 unspecified atom stereocenters. The molecule has 3 fully saturated rings. The van der Waals surface area contributed by atoms with Crippen molar-refractivity contribution >= 4 is 50.3 Å². The van der Waals surface area contributed by atoms with Crippen LogP contribution >= 0.6 is 11.3 Å². The summed E-state index contributed by atoms with van der Waals surface area (Å²) in [6.07, 6.45) is 11.0. The van der Waals surface area contributed by atoms with E-state index in [4.69, 9.17) is 9.72 Å². The highest BCUT2D eigenvalue weighted by Crippen LogP contribution is 2.47. The molecule has 3 N–H and O–H groups in total. The number of nitrogens with zero attached hydrogens (tertiary/aromatic N) is 3. The highest BCUT2D eigenvalue weighted by molar-refractivity contribution is 7.91. The van der Waals surface area contributed by atoms with Crippen molar-refractivity contribution in [1.29, 1.82) is 0 Å². The Bertz CT molecular complexity index is 1960. The third kappa shape index (κ3) is 7.49. The van der Waals surface area contributed by atoms with Gasteiger partial charge in [0.2, 0.25) is 21.8 Å². The number of aryl methyl sites for hydroxylation is 2. The van der Waals surface area contributed by atoms with Crippen LogP contribution in [0.1, 0.15) is 106 Å². The van der Waals surface area contributed by atoms with Gasteiger partial charge in [-0.1, -0.05) is 44.0 Å². The number of sulfonamides is 1. The number of thiazole rings is 1. The van der Waals surface area contributed by atoms with Gasteiger partial charge < -0.3 is 20.3 Å². The topological polar surface area (TPSA) is 167 Å². The fourth-order valence-corrected chi connectivity index (χ4v) is 10.9. The Hall–Kier alpha value is -3.98. The molecule has 5 atom stereocenters. The van der Waals surface area contributed by atoms with Gasteiger partial charge in [-0.25, -0.2) is 18.2 Å². The van der Waals surface area contributed by atoms with Gasteiger partial charge in [0.1, 0.15) is 23.7 Å². The molecule has 0 spiro atoms. The number of carbonyl (C=O) groups is 4. The lowest BCUT2D eigenvalue weighted by atomic mass is 9.93. The van der Waals surface area contributed by atoms with Crippen molar-refractivity contribution < 1.29 is 32.3 Å². The van der Waals surface area contributed by atoms with Gasteiger partial charge in [0.25, 0.3) is 5.91 Å². The van der Waals surface area contributed by atoms with Gasteiger partial charge in [-0.3, -0.25) is 24.0 Å². The first-order valence-electron chi connectivity index (χ1n) is 19.7. The standard InChI is InChI=1S/C39H50N6O7S2/c1-2-27-19-39(27,36(48)43-54(50,51)30-16-17-30)42-34(46)32-18-29-21-45(32)35(47)33(25-11-6-3-7-12-25)41-37-40-28(23-53-37)15-8-4-5-10-24-13-9-14-26-20-44(22-31(24)26)38(49)52-29/h9,11,13-14,23,27,29-30,32-33H,2-8,10,12,15-22H2,1H3,(H,40,41)(H,42,46)(H,43,48)/t27-,29-,32+,33+,39-/m1/s1. The van der Waals surface area contributed by atoms with Crippen LogP contribution in [0.3, 0.4) is 0 Å². The first kappa shape index (κ1) is 37.0. The van der Waals surface area contributed by atoms with E-state index in [9.17, 15) is 27.6 Å². The van der Waals surface area contributed by atoms with Crippen LogP contribution in [0.15, 0.2) is 35.2 Å². The third-order valence-electron chi connectivity index (χ3n) is 12.1. The van der Waals surface area contributed by atoms with Gasteiger partial charge in [0.05, 0.1) is 17.5 Å². The van der Waals surface area contributed by atoms with Crippen LogP contribution in [-0.4, -0.2) is 82.5 Å². The average molecular weight is 779 g/mol. The number of benzene rings is 1. The van der Waals surface area contributed by atoms with Crippen LogP contribution in [0.25, 0.3) is 0 Å². The summed E-state index contributed by atoms with van der Waals surface area (Å²) >= 11 is 1.46. The summed E-state index contributed by atoms with van der Waals surface area (Å²) in [5.74, 6) is -1.89. The second kappa shape index (κ2) is 14.9. The summed E-state index contributed by atoms with van der Waals surface area (Å²) in [5.41, 5.74) is 4.01. The number of carbonyl (C=O) groups excluding carboxylic acids is 4. The summed E-state index contributed by atoms with van der Waals surface area (Å²) < 4.78 is 33.9. The predicted molar refractivity (Wildman–Crippen MR) is 203 cm³/mol. The quantitative estimate of drug-likeness (QED) is 0.338. The highest BCUT2D eigenvalue weighted by Gasteiger charge is 2.62. The maximum absolute atomic E-state index is 14.8. The van der Waals surface area contributed by atoms with E-state index in [-0.39, 0.29) is 24.8 Å². The lowest BCUT2D eigenvalue weighted by Crippen LogP contribution is -2.57. The number of hydrogen-bond acceptors (Lipinski definition) is 10. The van der Waals surface area contributed by atoms with E-state index in [1.54, 1.807) is 4.90 Å². The maximum atomic E-state index is 14.8. The molecule has 4 heterocycles. The minimum absolute atomic E-state index is 0.00423. The maximum Gasteiger partial charge on any atom is 0.410 e. The van der Waals surface area contributed by atoms with Gasteiger partial charge in [-0.05, 0) is 98.8 Å². The molecule has 15 heteroatoms. The van der Waals surface area contributed by atoms with Gasteiger partial charge in [-0.2, -0.15) is 0 Å². The van der Waals surface area contributed by atoms with E-state index in [1.165, 1.54) is 21.8 Å². The van der Waals surface area contributed by atoms with Gasteiger partial charge >= 0.3 is 6.09 Å². The largest absolute Gasteiger partial charge is 0.444 e. The van der Waals surface area contributed by atoms with Crippen LogP contribution in [0.4, 0.5) is 9.93 Å². The second-order valence-corrected chi connectivity index (χ2v) is 18.7. The second-order valence-electron chi connectivity index (χ2n) is 15.9. The summed E-state index contributed by atoms with van der Waals surface area (Å²) in [6.45, 7) is 2.75. The Morgan fingerprint density at radius 1 is 1.06 bits per heavy atom. The Kier molecular flexibility index (Phi) is 10.2. The predicted octanol–water partition coefficient (Wildman–Crippen LogP) is 4.71. The Labute approximate surface area is 320 Å². The fraction of sp³-hybridized carbons (Fsp3) is 0.615. The zero-order valence-corrected chi connectivity index (χ0v) is 32.4. The van der Waals surface area contributed by atoms with Crippen molar-refractivity contribution in [2.45, 2.75) is 139 Å². The van der Waals surface area contributed by atoms with Crippen molar-refractivity contribution in [1.82, 2.24) is 24.8 Å². The number of allylic oxidation sites excluding steroid dienone is 1. The number of ether oxygens (including phenoxy) is 1. The van der Waals surface area contributed by atoms with Crippen LogP contribution in [0, 0.1) is 5.92 Å². The summed E-state index contributed by atoms with van der Waals surface area (Å²) in [7, 11) is -3.84. The SMILES string of the molecule is CC[C@@H]1C[C@]1(NC(=O)[C@@H]1C[C@@H]2CN1C(=O)[C@H](C1=CCCCC1)Nc1nc(cs1)CCCCCc1cccc3c1CN(C3)C(=O)O2)C(=O)NS(=O)(=O)C1CC1. The number of hydrogen-bond donors (Lipinski definition) is 3. The molecular weight excluding hydrogens is 729 g/mol. The zero-order valence-electron chi connectivity index (χ0n) is 30.8. The molecule has 1 saturated heterocycles. The monoisotopic (exact) mass is 778 g/mol. The van der Waals surface area contributed by atoms with E-state index in [1.807, 2.05) is 24.4 Å². The minimum Gasteiger partial charge on any atom is -0.444 e. The molecule has 1 aromatic heterocycles. The van der Waals surface area contributed by atoms with E-state index < -0.39 is 56.9 Å². The lowest BCUT2D eigenvalue weighted by Gasteiger charge is -2.31. The molecular formula is C39H50N6O7S2. The van der Waals surface area contributed by atoms with Crippen LogP contribution in [-0.2, 0) is 55.1 Å². The van der Waals surface area contributed by atoms with Gasteiger partial charge in [-0.15, -0.1) is 11.3 Å². The van der Waals surface area contributed by atoms with Gasteiger partial charge in [0.15, 0.2) is 5.13 Å². The molecule has 8 rings (SSSR count). The molecule has 2 aromatic rings. The molecule has 6 bridgehead atoms.